The molecular formula is C13H25BrN4. The van der Waals surface area contributed by atoms with Gasteiger partial charge in [0.15, 0.2) is 0 Å². The molecule has 1 unspecified atom stereocenters. The van der Waals surface area contributed by atoms with E-state index in [1.807, 2.05) is 6.20 Å². The van der Waals surface area contributed by atoms with Crippen LogP contribution in [0.2, 0.25) is 0 Å². The van der Waals surface area contributed by atoms with Gasteiger partial charge in [-0.25, -0.2) is 0 Å². The highest BCUT2D eigenvalue weighted by Gasteiger charge is 2.10. The predicted octanol–water partition coefficient (Wildman–Crippen LogP) is 2.27. The topological polar surface area (TPSA) is 47.1 Å². The van der Waals surface area contributed by atoms with Crippen molar-refractivity contribution >= 4 is 15.9 Å². The summed E-state index contributed by atoms with van der Waals surface area (Å²) in [5.74, 6) is 0. The number of halogens is 1. The minimum Gasteiger partial charge on any atom is -0.328 e. The van der Waals surface area contributed by atoms with Crippen molar-refractivity contribution in [2.24, 2.45) is 5.73 Å². The minimum atomic E-state index is 0.305. The number of nitrogens with zero attached hydrogens (tertiary/aromatic N) is 3. The number of rotatable bonds is 8. The summed E-state index contributed by atoms with van der Waals surface area (Å²) >= 11 is 3.58. The van der Waals surface area contributed by atoms with Crippen LogP contribution in [0.1, 0.15) is 31.9 Å². The molecule has 0 aliphatic rings. The lowest BCUT2D eigenvalue weighted by atomic mass is 10.1. The zero-order valence-electron chi connectivity index (χ0n) is 11.7. The van der Waals surface area contributed by atoms with Gasteiger partial charge in [0.25, 0.3) is 0 Å². The zero-order valence-corrected chi connectivity index (χ0v) is 13.3. The average molecular weight is 317 g/mol. The first-order valence-electron chi connectivity index (χ1n) is 6.65. The van der Waals surface area contributed by atoms with Gasteiger partial charge in [-0.3, -0.25) is 4.68 Å². The van der Waals surface area contributed by atoms with E-state index in [1.165, 1.54) is 5.69 Å². The molecule has 4 nitrogen and oxygen atoms in total. The van der Waals surface area contributed by atoms with E-state index in [0.717, 1.165) is 43.2 Å². The van der Waals surface area contributed by atoms with E-state index in [9.17, 15) is 0 Å². The molecule has 0 aliphatic heterocycles. The van der Waals surface area contributed by atoms with Crippen molar-refractivity contribution in [1.82, 2.24) is 14.7 Å². The highest BCUT2D eigenvalue weighted by Crippen LogP contribution is 2.18. The lowest BCUT2D eigenvalue weighted by molar-refractivity contribution is 0.368. The van der Waals surface area contributed by atoms with E-state index in [2.05, 4.69) is 51.6 Å². The first-order chi connectivity index (χ1) is 8.54. The van der Waals surface area contributed by atoms with Crippen molar-refractivity contribution in [2.45, 2.75) is 45.2 Å². The lowest BCUT2D eigenvalue weighted by Crippen LogP contribution is -2.23. The summed E-state index contributed by atoms with van der Waals surface area (Å²) < 4.78 is 3.19. The van der Waals surface area contributed by atoms with Crippen LogP contribution in [-0.4, -0.2) is 41.4 Å². The number of nitrogens with two attached hydrogens (primary N) is 1. The van der Waals surface area contributed by atoms with Gasteiger partial charge < -0.3 is 10.6 Å². The van der Waals surface area contributed by atoms with Gasteiger partial charge in [-0.1, -0.05) is 13.3 Å². The van der Waals surface area contributed by atoms with Crippen LogP contribution in [0.5, 0.6) is 0 Å². The normalized spacial score (nSPS) is 13.2. The van der Waals surface area contributed by atoms with Crippen molar-refractivity contribution in [3.8, 4) is 0 Å². The number of aromatic nitrogens is 2. The Bertz CT molecular complexity index is 349. The summed E-state index contributed by atoms with van der Waals surface area (Å²) in [5, 5.41) is 4.41. The second-order valence-electron chi connectivity index (χ2n) is 5.05. The highest BCUT2D eigenvalue weighted by molar-refractivity contribution is 9.10. The van der Waals surface area contributed by atoms with E-state index in [4.69, 9.17) is 5.73 Å². The second kappa shape index (κ2) is 7.92. The molecule has 0 fully saturated rings. The van der Waals surface area contributed by atoms with Crippen LogP contribution in [0, 0.1) is 0 Å². The summed E-state index contributed by atoms with van der Waals surface area (Å²) in [6.45, 7) is 4.11. The van der Waals surface area contributed by atoms with Crippen molar-refractivity contribution in [3.05, 3.63) is 16.4 Å². The molecule has 1 aromatic rings. The third kappa shape index (κ3) is 5.08. The fraction of sp³-hybridized carbons (Fsp3) is 0.769. The van der Waals surface area contributed by atoms with Gasteiger partial charge in [-0.2, -0.15) is 5.10 Å². The standard InChI is InChI=1S/C13H25BrN4/c1-4-5-11(15)6-7-13-12(14)10-16-18(13)9-8-17(2)3/h10-11H,4-9,15H2,1-3H3. The maximum absolute atomic E-state index is 6.07. The Hall–Kier alpha value is -0.390. The lowest BCUT2D eigenvalue weighted by Gasteiger charge is -2.14. The zero-order chi connectivity index (χ0) is 13.5. The van der Waals surface area contributed by atoms with Gasteiger partial charge in [0.1, 0.15) is 0 Å². The third-order valence-corrected chi connectivity index (χ3v) is 3.73. The molecular weight excluding hydrogens is 292 g/mol. The van der Waals surface area contributed by atoms with Crippen molar-refractivity contribution in [3.63, 3.8) is 0 Å². The Morgan fingerprint density at radius 3 is 2.78 bits per heavy atom. The molecule has 0 radical (unpaired) electrons. The summed E-state index contributed by atoms with van der Waals surface area (Å²) in [6.07, 6.45) is 6.16. The molecule has 18 heavy (non-hydrogen) atoms. The minimum absolute atomic E-state index is 0.305. The van der Waals surface area contributed by atoms with Gasteiger partial charge in [-0.15, -0.1) is 0 Å². The predicted molar refractivity (Wildman–Crippen MR) is 79.7 cm³/mol. The van der Waals surface area contributed by atoms with Crippen molar-refractivity contribution in [1.29, 1.82) is 0 Å². The van der Waals surface area contributed by atoms with E-state index in [0.29, 0.717) is 6.04 Å². The summed E-state index contributed by atoms with van der Waals surface area (Å²) in [6, 6.07) is 0.305. The van der Waals surface area contributed by atoms with Crippen molar-refractivity contribution < 1.29 is 0 Å². The molecule has 5 heteroatoms. The van der Waals surface area contributed by atoms with Crippen LogP contribution in [0.15, 0.2) is 10.7 Å². The number of likely N-dealkylation sites (N-methyl/N-ethyl adjacent to an activating group) is 1. The Morgan fingerprint density at radius 1 is 1.44 bits per heavy atom. The molecule has 104 valence electrons. The van der Waals surface area contributed by atoms with E-state index in [1.54, 1.807) is 0 Å². The van der Waals surface area contributed by atoms with Crippen LogP contribution in [0.25, 0.3) is 0 Å². The molecule has 1 atom stereocenters. The smallest absolute Gasteiger partial charge is 0.0635 e. The van der Waals surface area contributed by atoms with Gasteiger partial charge in [0.2, 0.25) is 0 Å². The molecule has 2 N–H and O–H groups in total. The van der Waals surface area contributed by atoms with Crippen LogP contribution < -0.4 is 5.73 Å². The molecule has 0 spiro atoms. The molecule has 0 aromatic carbocycles. The van der Waals surface area contributed by atoms with Crippen LogP contribution in [0.3, 0.4) is 0 Å². The van der Waals surface area contributed by atoms with Crippen LogP contribution >= 0.6 is 15.9 Å². The number of hydrogen-bond donors (Lipinski definition) is 1. The molecule has 1 heterocycles. The third-order valence-electron chi connectivity index (χ3n) is 3.07. The fourth-order valence-corrected chi connectivity index (χ4v) is 2.46. The van der Waals surface area contributed by atoms with E-state index >= 15 is 0 Å². The van der Waals surface area contributed by atoms with Gasteiger partial charge >= 0.3 is 0 Å². The molecule has 1 rings (SSSR count). The monoisotopic (exact) mass is 316 g/mol. The van der Waals surface area contributed by atoms with Crippen molar-refractivity contribution in [2.75, 3.05) is 20.6 Å². The maximum Gasteiger partial charge on any atom is 0.0635 e. The second-order valence-corrected chi connectivity index (χ2v) is 5.91. The Kier molecular flexibility index (Phi) is 6.89. The van der Waals surface area contributed by atoms with Gasteiger partial charge in [0.05, 0.1) is 22.9 Å². The van der Waals surface area contributed by atoms with Crippen LogP contribution in [0.4, 0.5) is 0 Å². The largest absolute Gasteiger partial charge is 0.328 e. The van der Waals surface area contributed by atoms with E-state index < -0.39 is 0 Å². The first kappa shape index (κ1) is 15.7. The van der Waals surface area contributed by atoms with Crippen LogP contribution in [-0.2, 0) is 13.0 Å². The summed E-state index contributed by atoms with van der Waals surface area (Å²) in [7, 11) is 4.16. The highest BCUT2D eigenvalue weighted by atomic mass is 79.9. The SMILES string of the molecule is CCCC(N)CCc1c(Br)cnn1CCN(C)C. The molecule has 0 amide bonds. The van der Waals surface area contributed by atoms with Gasteiger partial charge in [0, 0.05) is 12.6 Å². The first-order valence-corrected chi connectivity index (χ1v) is 7.44. The Balaban J connectivity index is 2.55. The fourth-order valence-electron chi connectivity index (χ4n) is 1.96. The summed E-state index contributed by atoms with van der Waals surface area (Å²) in [5.41, 5.74) is 7.34. The van der Waals surface area contributed by atoms with E-state index in [-0.39, 0.29) is 0 Å². The molecule has 0 aliphatic carbocycles. The molecule has 1 aromatic heterocycles. The quantitative estimate of drug-likeness (QED) is 0.800. The number of hydrogen-bond acceptors (Lipinski definition) is 3. The maximum atomic E-state index is 6.07. The molecule has 0 saturated carbocycles. The Labute approximate surface area is 119 Å². The van der Waals surface area contributed by atoms with Gasteiger partial charge in [-0.05, 0) is 49.3 Å². The summed E-state index contributed by atoms with van der Waals surface area (Å²) in [4.78, 5) is 2.17. The average Bonchev–Trinajstić information content (AvgIpc) is 2.65. The Morgan fingerprint density at radius 2 is 2.17 bits per heavy atom. The molecule has 0 bridgehead atoms. The molecule has 0 saturated heterocycles.